The van der Waals surface area contributed by atoms with Crippen LogP contribution in [0.15, 0.2) is 24.3 Å². The van der Waals surface area contributed by atoms with Gasteiger partial charge in [-0.05, 0) is 22.4 Å². The molecule has 0 fully saturated rings. The topological polar surface area (TPSA) is 0 Å². The van der Waals surface area contributed by atoms with Crippen LogP contribution in [0.5, 0.6) is 0 Å². The van der Waals surface area contributed by atoms with Gasteiger partial charge in [0, 0.05) is 0 Å². The molecule has 1 aromatic rings. The second kappa shape index (κ2) is 3.57. The van der Waals surface area contributed by atoms with Gasteiger partial charge in [-0.3, -0.25) is 0 Å². The molecule has 0 aliphatic heterocycles. The summed E-state index contributed by atoms with van der Waals surface area (Å²) in [5.41, 5.74) is 2.61. The fourth-order valence-corrected chi connectivity index (χ4v) is 1.59. The highest BCUT2D eigenvalue weighted by atomic mass is 14.2. The van der Waals surface area contributed by atoms with Crippen molar-refractivity contribution in [1.82, 2.24) is 0 Å². The van der Waals surface area contributed by atoms with Crippen LogP contribution < -0.4 is 0 Å². The van der Waals surface area contributed by atoms with Gasteiger partial charge < -0.3 is 0 Å². The van der Waals surface area contributed by atoms with E-state index in [1.54, 1.807) is 0 Å². The molecule has 0 spiro atoms. The Kier molecular flexibility index (Phi) is 2.85. The summed E-state index contributed by atoms with van der Waals surface area (Å²) in [5, 5.41) is -0.235. The lowest BCUT2D eigenvalue weighted by atomic mass is 9.65. The minimum Gasteiger partial charge on any atom is -0.0639 e. The number of rotatable bonds is 2. The summed E-state index contributed by atoms with van der Waals surface area (Å²) in [6.45, 7) is 8.50. The van der Waals surface area contributed by atoms with Crippen LogP contribution in [0.3, 0.4) is 0 Å². The van der Waals surface area contributed by atoms with Crippen LogP contribution in [0, 0.1) is 0 Å². The van der Waals surface area contributed by atoms with E-state index < -0.39 is 0 Å². The lowest BCUT2D eigenvalue weighted by molar-refractivity contribution is 0.726. The fraction of sp³-hybridized carbons (Fsp3) is 0.500. The van der Waals surface area contributed by atoms with Crippen molar-refractivity contribution in [3.63, 3.8) is 0 Å². The van der Waals surface area contributed by atoms with Gasteiger partial charge in [0.1, 0.15) is 0 Å². The molecule has 1 heteroatoms. The van der Waals surface area contributed by atoms with Gasteiger partial charge in [-0.15, -0.1) is 0 Å². The molecule has 0 amide bonds. The third-order valence-electron chi connectivity index (χ3n) is 2.28. The summed E-state index contributed by atoms with van der Waals surface area (Å²) < 4.78 is 0. The zero-order valence-corrected chi connectivity index (χ0v) is 8.96. The number of hydrogen-bond donors (Lipinski definition) is 0. The van der Waals surface area contributed by atoms with Crippen molar-refractivity contribution in [1.29, 1.82) is 0 Å². The summed E-state index contributed by atoms with van der Waals surface area (Å²) in [6.07, 6.45) is 0. The van der Waals surface area contributed by atoms with Crippen molar-refractivity contribution in [2.75, 3.05) is 0 Å². The Labute approximate surface area is 82.8 Å². The molecule has 0 aromatic heterocycles. The molecule has 1 aromatic carbocycles. The Morgan fingerprint density at radius 2 is 1.69 bits per heavy atom. The van der Waals surface area contributed by atoms with E-state index in [0.717, 1.165) is 0 Å². The maximum atomic E-state index is 6.10. The molecular weight excluding hydrogens is 155 g/mol. The van der Waals surface area contributed by atoms with Gasteiger partial charge in [0.05, 0.1) is 7.85 Å². The molecule has 0 heterocycles. The van der Waals surface area contributed by atoms with Gasteiger partial charge >= 0.3 is 0 Å². The summed E-state index contributed by atoms with van der Waals surface area (Å²) >= 11 is 0. The maximum absolute atomic E-state index is 6.10. The second-order valence-corrected chi connectivity index (χ2v) is 4.46. The van der Waals surface area contributed by atoms with Crippen LogP contribution >= 0.6 is 0 Å². The van der Waals surface area contributed by atoms with Gasteiger partial charge in [-0.2, -0.15) is 0 Å². The minimum atomic E-state index is -0.235. The van der Waals surface area contributed by atoms with E-state index >= 15 is 0 Å². The third kappa shape index (κ3) is 2.36. The molecule has 0 N–H and O–H groups in total. The summed E-state index contributed by atoms with van der Waals surface area (Å²) in [4.78, 5) is 0. The fourth-order valence-electron chi connectivity index (χ4n) is 1.59. The van der Waals surface area contributed by atoms with Crippen LogP contribution in [-0.2, 0) is 5.31 Å². The molecule has 0 atom stereocenters. The average Bonchev–Trinajstić information content (AvgIpc) is 2.03. The molecule has 13 heavy (non-hydrogen) atoms. The summed E-state index contributed by atoms with van der Waals surface area (Å²) in [6, 6.07) is 8.41. The first kappa shape index (κ1) is 10.4. The van der Waals surface area contributed by atoms with Crippen LogP contribution in [0.2, 0.25) is 0 Å². The van der Waals surface area contributed by atoms with E-state index in [4.69, 9.17) is 7.85 Å². The predicted octanol–water partition coefficient (Wildman–Crippen LogP) is 3.21. The number of hydrogen-bond acceptors (Lipinski definition) is 0. The molecule has 0 aliphatic carbocycles. The standard InChI is InChI=1S/C12H17B/c1-9(2)10-7-5-6-8-11(10)12(3,4)13/h5-9H,1-4H3. The summed E-state index contributed by atoms with van der Waals surface area (Å²) in [5.74, 6) is 0.541. The Bertz CT molecular complexity index is 281. The molecule has 0 unspecified atom stereocenters. The Hall–Kier alpha value is -0.715. The molecular formula is C12H17B. The van der Waals surface area contributed by atoms with Gasteiger partial charge in [0.15, 0.2) is 0 Å². The third-order valence-corrected chi connectivity index (χ3v) is 2.28. The van der Waals surface area contributed by atoms with E-state index in [1.165, 1.54) is 11.1 Å². The molecule has 1 rings (SSSR count). The quantitative estimate of drug-likeness (QED) is 0.601. The Morgan fingerprint density at radius 1 is 1.15 bits per heavy atom. The Morgan fingerprint density at radius 3 is 2.08 bits per heavy atom. The van der Waals surface area contributed by atoms with Gasteiger partial charge in [-0.25, -0.2) is 0 Å². The van der Waals surface area contributed by atoms with Crippen molar-refractivity contribution in [3.05, 3.63) is 35.4 Å². The van der Waals surface area contributed by atoms with Crippen LogP contribution in [0.4, 0.5) is 0 Å². The largest absolute Gasteiger partial charge is 0.0803 e. The van der Waals surface area contributed by atoms with Crippen molar-refractivity contribution < 1.29 is 0 Å². The van der Waals surface area contributed by atoms with Gasteiger partial charge in [0.25, 0.3) is 0 Å². The normalized spacial score (nSPS) is 12.1. The smallest absolute Gasteiger partial charge is 0.0639 e. The van der Waals surface area contributed by atoms with E-state index in [2.05, 4.69) is 38.1 Å². The van der Waals surface area contributed by atoms with Gasteiger partial charge in [0.2, 0.25) is 0 Å². The first-order valence-corrected chi connectivity index (χ1v) is 4.81. The van der Waals surface area contributed by atoms with Crippen molar-refractivity contribution >= 4 is 7.85 Å². The van der Waals surface area contributed by atoms with Crippen LogP contribution in [-0.4, -0.2) is 7.85 Å². The van der Waals surface area contributed by atoms with E-state index in [0.29, 0.717) is 5.92 Å². The minimum absolute atomic E-state index is 0.235. The molecule has 0 saturated carbocycles. The first-order valence-electron chi connectivity index (χ1n) is 4.81. The first-order chi connectivity index (χ1) is 5.93. The molecule has 68 valence electrons. The van der Waals surface area contributed by atoms with E-state index in [1.807, 2.05) is 13.8 Å². The number of benzene rings is 1. The van der Waals surface area contributed by atoms with Gasteiger partial charge in [-0.1, -0.05) is 52.0 Å². The average molecular weight is 172 g/mol. The molecule has 2 radical (unpaired) electrons. The molecule has 0 aliphatic rings. The molecule has 0 bridgehead atoms. The highest BCUT2D eigenvalue weighted by Gasteiger charge is 2.17. The lowest BCUT2D eigenvalue weighted by Crippen LogP contribution is -2.19. The monoisotopic (exact) mass is 172 g/mol. The Balaban J connectivity index is 3.20. The molecule has 0 nitrogen and oxygen atoms in total. The van der Waals surface area contributed by atoms with Crippen LogP contribution in [0.1, 0.15) is 44.7 Å². The zero-order valence-electron chi connectivity index (χ0n) is 8.96. The van der Waals surface area contributed by atoms with Crippen LogP contribution in [0.25, 0.3) is 0 Å². The summed E-state index contributed by atoms with van der Waals surface area (Å²) in [7, 11) is 6.10. The van der Waals surface area contributed by atoms with Crippen molar-refractivity contribution in [3.8, 4) is 0 Å². The SMILES string of the molecule is [B]C(C)(C)c1ccccc1C(C)C. The zero-order chi connectivity index (χ0) is 10.1. The highest BCUT2D eigenvalue weighted by molar-refractivity contribution is 6.15. The molecule has 0 saturated heterocycles. The predicted molar refractivity (Wildman–Crippen MR) is 59.3 cm³/mol. The van der Waals surface area contributed by atoms with Crippen molar-refractivity contribution in [2.24, 2.45) is 0 Å². The van der Waals surface area contributed by atoms with E-state index in [9.17, 15) is 0 Å². The van der Waals surface area contributed by atoms with E-state index in [-0.39, 0.29) is 5.31 Å². The lowest BCUT2D eigenvalue weighted by Gasteiger charge is -2.24. The second-order valence-electron chi connectivity index (χ2n) is 4.46. The maximum Gasteiger partial charge on any atom is 0.0803 e. The highest BCUT2D eigenvalue weighted by Crippen LogP contribution is 2.27. The van der Waals surface area contributed by atoms with Crippen molar-refractivity contribution in [2.45, 2.75) is 38.9 Å².